The third-order valence-corrected chi connectivity index (χ3v) is 4.70. The lowest BCUT2D eigenvalue weighted by atomic mass is 9.97. The summed E-state index contributed by atoms with van der Waals surface area (Å²) in [7, 11) is 0. The number of nitrogens with one attached hydrogen (secondary N) is 1. The number of halogens is 2. The maximum atomic E-state index is 13.4. The molecule has 2 aromatic carbocycles. The molecule has 6 heteroatoms. The SMILES string of the molecule is CSc1ccc(-c2n[nH]c(C(F)F)c2-c2ccc(C(C)=O)cc2)cc1. The quantitative estimate of drug-likeness (QED) is 0.476. The first-order chi connectivity index (χ1) is 12.0. The van der Waals surface area contributed by atoms with Crippen LogP contribution in [-0.2, 0) is 0 Å². The van der Waals surface area contributed by atoms with E-state index in [0.717, 1.165) is 10.5 Å². The number of carbonyl (C=O) groups excluding carboxylic acids is 1. The number of H-pyrrole nitrogens is 1. The van der Waals surface area contributed by atoms with Crippen LogP contribution in [0.25, 0.3) is 22.4 Å². The molecule has 1 N–H and O–H groups in total. The van der Waals surface area contributed by atoms with Crippen LogP contribution in [0.2, 0.25) is 0 Å². The minimum absolute atomic E-state index is 0.0688. The zero-order chi connectivity index (χ0) is 18.0. The summed E-state index contributed by atoms with van der Waals surface area (Å²) in [6.45, 7) is 1.47. The summed E-state index contributed by atoms with van der Waals surface area (Å²) in [5.41, 5.74) is 2.50. The highest BCUT2D eigenvalue weighted by atomic mass is 32.2. The molecule has 3 aromatic rings. The molecule has 0 fully saturated rings. The van der Waals surface area contributed by atoms with E-state index in [1.807, 2.05) is 30.5 Å². The van der Waals surface area contributed by atoms with E-state index in [2.05, 4.69) is 10.2 Å². The van der Waals surface area contributed by atoms with Crippen molar-refractivity contribution in [2.24, 2.45) is 0 Å². The summed E-state index contributed by atoms with van der Waals surface area (Å²) in [5.74, 6) is -0.0688. The average molecular weight is 358 g/mol. The van der Waals surface area contributed by atoms with Crippen molar-refractivity contribution in [1.29, 1.82) is 0 Å². The van der Waals surface area contributed by atoms with Gasteiger partial charge in [0.25, 0.3) is 6.43 Å². The first kappa shape index (κ1) is 17.4. The van der Waals surface area contributed by atoms with Crippen LogP contribution in [-0.4, -0.2) is 22.2 Å². The van der Waals surface area contributed by atoms with E-state index >= 15 is 0 Å². The van der Waals surface area contributed by atoms with Crippen LogP contribution < -0.4 is 0 Å². The molecule has 0 saturated carbocycles. The molecule has 1 aromatic heterocycles. The molecule has 0 unspecified atom stereocenters. The number of Topliss-reactive ketones (excluding diaryl/α,β-unsaturated/α-hetero) is 1. The highest BCUT2D eigenvalue weighted by Crippen LogP contribution is 2.37. The van der Waals surface area contributed by atoms with E-state index in [1.165, 1.54) is 6.92 Å². The standard InChI is InChI=1S/C19H16F2N2OS/c1-11(24)12-3-5-13(6-4-12)16-17(22-23-18(16)19(20)21)14-7-9-15(25-2)10-8-14/h3-10,19H,1-2H3,(H,22,23). The molecular weight excluding hydrogens is 342 g/mol. The molecule has 0 aliphatic carbocycles. The lowest BCUT2D eigenvalue weighted by Crippen LogP contribution is -1.93. The summed E-state index contributed by atoms with van der Waals surface area (Å²) < 4.78 is 26.9. The van der Waals surface area contributed by atoms with Crippen molar-refractivity contribution in [2.45, 2.75) is 18.2 Å². The second-order valence-corrected chi connectivity index (χ2v) is 6.40. The lowest BCUT2D eigenvalue weighted by Gasteiger charge is -2.07. The van der Waals surface area contributed by atoms with Gasteiger partial charge in [0.05, 0.1) is 0 Å². The monoisotopic (exact) mass is 358 g/mol. The molecule has 3 nitrogen and oxygen atoms in total. The van der Waals surface area contributed by atoms with Crippen molar-refractivity contribution < 1.29 is 13.6 Å². The van der Waals surface area contributed by atoms with E-state index in [9.17, 15) is 13.6 Å². The van der Waals surface area contributed by atoms with Crippen LogP contribution in [0.4, 0.5) is 8.78 Å². The van der Waals surface area contributed by atoms with Gasteiger partial charge in [-0.3, -0.25) is 9.89 Å². The van der Waals surface area contributed by atoms with Gasteiger partial charge >= 0.3 is 0 Å². The first-order valence-corrected chi connectivity index (χ1v) is 8.86. The van der Waals surface area contributed by atoms with E-state index in [1.54, 1.807) is 36.0 Å². The van der Waals surface area contributed by atoms with Gasteiger partial charge in [-0.15, -0.1) is 11.8 Å². The van der Waals surface area contributed by atoms with Gasteiger partial charge in [0.2, 0.25) is 0 Å². The highest BCUT2D eigenvalue weighted by molar-refractivity contribution is 7.98. The largest absolute Gasteiger partial charge is 0.295 e. The molecule has 0 saturated heterocycles. The fourth-order valence-corrected chi connectivity index (χ4v) is 3.04. The van der Waals surface area contributed by atoms with Gasteiger partial charge in [0.1, 0.15) is 11.4 Å². The molecule has 0 aliphatic heterocycles. The van der Waals surface area contributed by atoms with Crippen LogP contribution in [0.3, 0.4) is 0 Å². The van der Waals surface area contributed by atoms with Crippen LogP contribution in [0.1, 0.15) is 29.4 Å². The Labute approximate surface area is 148 Å². The molecule has 0 atom stereocenters. The summed E-state index contributed by atoms with van der Waals surface area (Å²) in [5, 5.41) is 6.58. The minimum Gasteiger partial charge on any atom is -0.295 e. The Morgan fingerprint density at radius 1 is 1.04 bits per heavy atom. The van der Waals surface area contributed by atoms with Crippen molar-refractivity contribution in [3.63, 3.8) is 0 Å². The van der Waals surface area contributed by atoms with Crippen LogP contribution in [0, 0.1) is 0 Å². The molecule has 0 spiro atoms. The van der Waals surface area contributed by atoms with E-state index in [4.69, 9.17) is 0 Å². The fourth-order valence-electron chi connectivity index (χ4n) is 2.63. The van der Waals surface area contributed by atoms with Crippen molar-refractivity contribution in [3.8, 4) is 22.4 Å². The zero-order valence-electron chi connectivity index (χ0n) is 13.7. The maximum absolute atomic E-state index is 13.4. The van der Waals surface area contributed by atoms with Crippen LogP contribution in [0.15, 0.2) is 53.4 Å². The Hall–Kier alpha value is -2.47. The van der Waals surface area contributed by atoms with Crippen molar-refractivity contribution in [1.82, 2.24) is 10.2 Å². The Bertz CT molecular complexity index is 887. The number of thioether (sulfide) groups is 1. The molecule has 0 bridgehead atoms. The Balaban J connectivity index is 2.12. The number of aromatic nitrogens is 2. The Kier molecular flexibility index (Phi) is 4.99. The number of hydrogen-bond donors (Lipinski definition) is 1. The molecule has 0 aliphatic rings. The van der Waals surface area contributed by atoms with Gasteiger partial charge in [0, 0.05) is 21.6 Å². The predicted octanol–water partition coefficient (Wildman–Crippen LogP) is 5.61. The lowest BCUT2D eigenvalue weighted by molar-refractivity contribution is 0.101. The summed E-state index contributed by atoms with van der Waals surface area (Å²) in [6.07, 6.45) is -0.699. The molecule has 1 heterocycles. The van der Waals surface area contributed by atoms with Gasteiger partial charge in [-0.2, -0.15) is 5.10 Å². The molecule has 0 radical (unpaired) electrons. The van der Waals surface area contributed by atoms with Crippen molar-refractivity contribution in [3.05, 3.63) is 59.8 Å². The smallest absolute Gasteiger partial charge is 0.280 e. The number of carbonyl (C=O) groups is 1. The number of hydrogen-bond acceptors (Lipinski definition) is 3. The number of alkyl halides is 2. The van der Waals surface area contributed by atoms with Gasteiger partial charge in [-0.05, 0) is 30.9 Å². The van der Waals surface area contributed by atoms with Crippen molar-refractivity contribution in [2.75, 3.05) is 6.26 Å². The molecule has 0 amide bonds. The van der Waals surface area contributed by atoms with Crippen molar-refractivity contribution >= 4 is 17.5 Å². The number of nitrogens with zero attached hydrogens (tertiary/aromatic N) is 1. The van der Waals surface area contributed by atoms with Gasteiger partial charge in [-0.25, -0.2) is 8.78 Å². The highest BCUT2D eigenvalue weighted by Gasteiger charge is 2.22. The Morgan fingerprint density at radius 3 is 2.16 bits per heavy atom. The average Bonchev–Trinajstić information content (AvgIpc) is 3.07. The van der Waals surface area contributed by atoms with Gasteiger partial charge in [0.15, 0.2) is 5.78 Å². The molecule has 25 heavy (non-hydrogen) atoms. The summed E-state index contributed by atoms with van der Waals surface area (Å²) >= 11 is 1.61. The van der Waals surface area contributed by atoms with E-state index in [0.29, 0.717) is 22.4 Å². The maximum Gasteiger partial charge on any atom is 0.280 e. The van der Waals surface area contributed by atoms with Gasteiger partial charge in [-0.1, -0.05) is 36.4 Å². The number of aromatic amines is 1. The van der Waals surface area contributed by atoms with Crippen LogP contribution >= 0.6 is 11.8 Å². The first-order valence-electron chi connectivity index (χ1n) is 7.63. The Morgan fingerprint density at radius 2 is 1.64 bits per heavy atom. The molecule has 3 rings (SSSR count). The third-order valence-electron chi connectivity index (χ3n) is 3.96. The third kappa shape index (κ3) is 3.49. The summed E-state index contributed by atoms with van der Waals surface area (Å²) in [4.78, 5) is 12.5. The van der Waals surface area contributed by atoms with E-state index < -0.39 is 6.43 Å². The minimum atomic E-state index is -2.67. The predicted molar refractivity (Wildman–Crippen MR) is 96.2 cm³/mol. The van der Waals surface area contributed by atoms with E-state index in [-0.39, 0.29) is 11.5 Å². The fraction of sp³-hybridized carbons (Fsp3) is 0.158. The number of rotatable bonds is 5. The molecule has 128 valence electrons. The normalized spacial score (nSPS) is 11.1. The summed E-state index contributed by atoms with van der Waals surface area (Å²) in [6, 6.07) is 14.2. The topological polar surface area (TPSA) is 45.8 Å². The molecular formula is C19H16F2N2OS. The second-order valence-electron chi connectivity index (χ2n) is 5.52. The number of benzene rings is 2. The second kappa shape index (κ2) is 7.19. The number of ketones is 1. The van der Waals surface area contributed by atoms with Gasteiger partial charge < -0.3 is 0 Å². The van der Waals surface area contributed by atoms with Crippen LogP contribution in [0.5, 0.6) is 0 Å². The zero-order valence-corrected chi connectivity index (χ0v) is 14.5.